The molecular formula is C97H109Br2Cl6N11O13Sn. The zero-order chi connectivity index (χ0) is 93.4. The van der Waals surface area contributed by atoms with Crippen LogP contribution in [0.3, 0.4) is 0 Å². The number of rotatable bonds is 20. The SMILES string of the molecule is CC1(C)CC(O)CCN1.CCC[CH2][Sn]([CH2]CCC)([CH2]CCC)[c]1ccccn1.COc1cc2c(cc1-c1ccccn1)-c1c(c(C(=O)N3CCC(O)CC3(C)C)nn1-c1cc(Cl)cc(Cl)c1)CO2.COc1cc2c(cc1Br)-c1c(c(C(=O)N3CCC(O)CC3(C)C)nn1-c1cc(Cl)cc(Cl)c1)CO2.COc1cc2c(cc1Br)-c1c(c(C(=O)O)nn1-c1cc(Cl)cc(Cl)c1)CO2. The number of hydrogen-bond acceptors (Lipinski definition) is 18. The first-order valence-corrected chi connectivity index (χ1v) is 55.0. The maximum atomic E-state index is 14.1. The van der Waals surface area contributed by atoms with Crippen molar-refractivity contribution in [1.82, 2.24) is 54.4 Å². The predicted molar refractivity (Wildman–Crippen MR) is 522 cm³/mol. The Hall–Kier alpha value is -8.20. The Morgan fingerprint density at radius 1 is 0.477 bits per heavy atom. The molecule has 6 aliphatic rings. The summed E-state index contributed by atoms with van der Waals surface area (Å²) in [5.41, 5.74) is 8.93. The van der Waals surface area contributed by atoms with Crippen LogP contribution < -0.4 is 37.4 Å². The molecule has 130 heavy (non-hydrogen) atoms. The van der Waals surface area contributed by atoms with E-state index in [0.29, 0.717) is 164 Å². The number of nitrogens with zero attached hydrogens (tertiary/aromatic N) is 10. The molecule has 3 saturated heterocycles. The number of unbranched alkanes of at least 4 members (excludes halogenated alkanes) is 3. The molecule has 6 aromatic carbocycles. The van der Waals surface area contributed by atoms with Crippen molar-refractivity contribution in [3.8, 4) is 96.6 Å². The molecule has 0 radical (unpaired) electrons. The maximum Gasteiger partial charge on any atom is 0.356 e. The van der Waals surface area contributed by atoms with E-state index in [9.17, 15) is 34.8 Å². The number of carboxylic acid groups (broad SMARTS) is 1. The van der Waals surface area contributed by atoms with Crippen molar-refractivity contribution >= 4 is 141 Å². The van der Waals surface area contributed by atoms with Crippen molar-refractivity contribution in [2.75, 3.05) is 41.0 Å². The van der Waals surface area contributed by atoms with Crippen molar-refractivity contribution < 1.29 is 63.2 Å². The van der Waals surface area contributed by atoms with Crippen molar-refractivity contribution in [3.05, 3.63) is 213 Å². The number of aliphatic hydroxyl groups excluding tert-OH is 3. The van der Waals surface area contributed by atoms with E-state index in [1.807, 2.05) is 76.4 Å². The van der Waals surface area contributed by atoms with Gasteiger partial charge in [-0.15, -0.1) is 0 Å². The Kier molecular flexibility index (Phi) is 32.8. The molecule has 33 heteroatoms. The van der Waals surface area contributed by atoms with Gasteiger partial charge >= 0.3 is 130 Å². The van der Waals surface area contributed by atoms with Crippen molar-refractivity contribution in [1.29, 1.82) is 0 Å². The number of carbonyl (C=O) groups excluding carboxylic acids is 2. The zero-order valence-corrected chi connectivity index (χ0v) is 85.4. The van der Waals surface area contributed by atoms with Crippen LogP contribution in [-0.2, 0) is 19.8 Å². The Labute approximate surface area is 809 Å². The molecule has 11 aromatic rings. The normalized spacial score (nSPS) is 17.0. The van der Waals surface area contributed by atoms with Crippen LogP contribution in [-0.4, -0.2) is 182 Å². The largest absolute Gasteiger partial charge is 0.496 e. The number of aromatic nitrogens is 8. The number of nitrogens with one attached hydrogen (secondary N) is 1. The van der Waals surface area contributed by atoms with Crippen LogP contribution in [0.5, 0.6) is 34.5 Å². The fraction of sp³-hybridized carbons (Fsp3) is 0.402. The van der Waals surface area contributed by atoms with Gasteiger partial charge in [-0.05, 0) is 203 Å². The fourth-order valence-corrected chi connectivity index (χ4v) is 35.9. The van der Waals surface area contributed by atoms with Crippen LogP contribution in [0, 0.1) is 0 Å². The number of fused-ring (bicyclic) bond motifs is 9. The Morgan fingerprint density at radius 3 is 1.18 bits per heavy atom. The van der Waals surface area contributed by atoms with Gasteiger partial charge in [-0.3, -0.25) is 14.6 Å². The van der Waals surface area contributed by atoms with Gasteiger partial charge in [-0.25, -0.2) is 18.8 Å². The number of carbonyl (C=O) groups is 3. The summed E-state index contributed by atoms with van der Waals surface area (Å²) in [4.78, 5) is 52.6. The summed E-state index contributed by atoms with van der Waals surface area (Å²) in [7, 11) is 4.75. The molecular weight excluding hydrogens is 2020 g/mol. The third-order valence-corrected chi connectivity index (χ3v) is 42.0. The van der Waals surface area contributed by atoms with Gasteiger partial charge < -0.3 is 64.0 Å². The predicted octanol–water partition coefficient (Wildman–Crippen LogP) is 22.9. The van der Waals surface area contributed by atoms with E-state index in [4.69, 9.17) is 113 Å². The third kappa shape index (κ3) is 22.6. The van der Waals surface area contributed by atoms with Gasteiger partial charge in [0.05, 0.1) is 94.0 Å². The van der Waals surface area contributed by atoms with Gasteiger partial charge in [-0.1, -0.05) is 75.7 Å². The molecule has 0 aliphatic carbocycles. The van der Waals surface area contributed by atoms with Gasteiger partial charge in [0, 0.05) is 118 Å². The van der Waals surface area contributed by atoms with Crippen molar-refractivity contribution in [2.24, 2.45) is 0 Å². The number of pyridine rings is 2. The number of amides is 2. The molecule has 5 N–H and O–H groups in total. The minimum atomic E-state index is -2.21. The number of benzene rings is 6. The molecule has 690 valence electrons. The smallest absolute Gasteiger partial charge is 0.356 e. The number of likely N-dealkylation sites (tertiary alicyclic amines) is 2. The average Bonchev–Trinajstić information content (AvgIpc) is 1.59. The molecule has 6 aliphatic heterocycles. The molecule has 24 nitrogen and oxygen atoms in total. The van der Waals surface area contributed by atoms with E-state index in [-0.39, 0.29) is 54.7 Å². The van der Waals surface area contributed by atoms with Gasteiger partial charge in [0.25, 0.3) is 11.8 Å². The number of ether oxygens (including phenoxy) is 6. The van der Waals surface area contributed by atoms with E-state index < -0.39 is 47.6 Å². The second-order valence-corrected chi connectivity index (χ2v) is 52.5. The van der Waals surface area contributed by atoms with Crippen LogP contribution in [0.15, 0.2) is 149 Å². The van der Waals surface area contributed by atoms with Gasteiger partial charge in [-0.2, -0.15) is 15.3 Å². The van der Waals surface area contributed by atoms with Crippen LogP contribution in [0.2, 0.25) is 43.4 Å². The van der Waals surface area contributed by atoms with Crippen LogP contribution in [0.4, 0.5) is 0 Å². The Balaban J connectivity index is 0.000000147. The second kappa shape index (κ2) is 43.0. The Morgan fingerprint density at radius 2 is 0.846 bits per heavy atom. The number of hydrogen-bond donors (Lipinski definition) is 5. The second-order valence-electron chi connectivity index (χ2n) is 35.1. The third-order valence-electron chi connectivity index (χ3n) is 24.3. The zero-order valence-electron chi connectivity index (χ0n) is 74.8. The Bertz CT molecular complexity index is 5860. The summed E-state index contributed by atoms with van der Waals surface area (Å²) in [6.45, 7) is 21.3. The number of carboxylic acids is 1. The minimum Gasteiger partial charge on any atom is -0.496 e. The standard InChI is InChI=1S/C30H28Cl2N4O4.C25H24BrCl2N3O4.C18H11BrCl2N2O4.C7H15NO.C5H4N.3C4H9.Sn/c1-30(2)15-20(37)7-9-35(30)29(38)27-23-16-40-26-14-25(39-3)21(24-6-4-5-8-33-24)13-22(26)28(23)36(34-27)19-11-17(31)10-18(32)12-19;1-25(2)11-16(32)4-5-30(25)24(33)22-18-12-35-20-10-21(34-3)19(26)9-17(20)23(18)31(29-22)15-7-13(27)6-14(28)8-15;1-26-15-6-14-11(5-13(15)19)17-12(7-27-14)16(18(24)25)22-23(17)10-3-8(20)2-9(21)4-10;1-7(2)5-6(9)3-4-8-7;1-2-4-6-5-3-1;3*1-3-4-2;/h4-6,8,10-14,20,37H,7,9,15-16H2,1-3H3;6-10,16,32H,4-5,11-12H2,1-3H3;2-6H,7H2,1H3,(H,24,25);6,8-9H,3-5H2,1-2H3;1-4H;3*1,3-4H2,2H3;. The van der Waals surface area contributed by atoms with Gasteiger partial charge in [0.15, 0.2) is 17.1 Å². The first-order valence-electron chi connectivity index (χ1n) is 43.6. The fourth-order valence-electron chi connectivity index (χ4n) is 17.9. The monoisotopic (exact) mass is 2120 g/mol. The van der Waals surface area contributed by atoms with E-state index in [1.165, 1.54) is 56.5 Å². The van der Waals surface area contributed by atoms with Gasteiger partial charge in [0.2, 0.25) is 0 Å². The quantitative estimate of drug-likeness (QED) is 0.0443. The minimum absolute atomic E-state index is 0.0725. The molecule has 0 spiro atoms. The summed E-state index contributed by atoms with van der Waals surface area (Å²) >= 11 is 42.5. The van der Waals surface area contributed by atoms with E-state index >= 15 is 0 Å². The van der Waals surface area contributed by atoms with Crippen LogP contribution in [0.25, 0.3) is 62.1 Å². The topological polar surface area (TPSA) is 285 Å². The summed E-state index contributed by atoms with van der Waals surface area (Å²) < 4.78 is 47.0. The molecule has 5 aromatic heterocycles. The summed E-state index contributed by atoms with van der Waals surface area (Å²) in [5.74, 6) is 2.07. The molecule has 3 fully saturated rings. The molecule has 3 atom stereocenters. The van der Waals surface area contributed by atoms with Crippen molar-refractivity contribution in [3.63, 3.8) is 0 Å². The molecule has 11 heterocycles. The van der Waals surface area contributed by atoms with E-state index in [1.54, 1.807) is 117 Å². The van der Waals surface area contributed by atoms with Crippen LogP contribution in [0.1, 0.15) is 188 Å². The number of halogens is 8. The number of methoxy groups -OCH3 is 3. The number of aromatic carboxylic acids is 1. The summed E-state index contributed by atoms with van der Waals surface area (Å²) in [6.07, 6.45) is 14.8. The van der Waals surface area contributed by atoms with E-state index in [0.717, 1.165) is 51.9 Å². The number of aliphatic hydroxyl groups is 3. The average molecular weight is 2130 g/mol. The molecule has 17 rings (SSSR count). The summed E-state index contributed by atoms with van der Waals surface area (Å²) in [6, 6.07) is 38.6. The first-order chi connectivity index (χ1) is 62.0. The number of piperidine rings is 3. The molecule has 3 unspecified atom stereocenters. The van der Waals surface area contributed by atoms with E-state index in [2.05, 4.69) is 100 Å². The van der Waals surface area contributed by atoms with Crippen LogP contribution >= 0.6 is 101 Å². The first kappa shape index (κ1) is 99.3. The van der Waals surface area contributed by atoms with Crippen molar-refractivity contribution in [2.45, 2.75) is 207 Å². The molecule has 2 amide bonds. The van der Waals surface area contributed by atoms with Gasteiger partial charge in [0.1, 0.15) is 54.3 Å². The summed E-state index contributed by atoms with van der Waals surface area (Å²) in [5, 5.41) is 59.1. The molecule has 0 bridgehead atoms. The maximum absolute atomic E-state index is 14.1. The molecule has 0 saturated carbocycles.